The van der Waals surface area contributed by atoms with Crippen molar-refractivity contribution in [3.63, 3.8) is 0 Å². The molecule has 0 spiro atoms. The van der Waals surface area contributed by atoms with Gasteiger partial charge in [-0.2, -0.15) is 0 Å². The van der Waals surface area contributed by atoms with Crippen LogP contribution in [0.15, 0.2) is 22.7 Å². The number of aliphatic hydroxyl groups excluding tert-OH is 1. The van der Waals surface area contributed by atoms with Gasteiger partial charge < -0.3 is 5.11 Å². The van der Waals surface area contributed by atoms with Crippen molar-refractivity contribution >= 4 is 15.9 Å². The molecule has 16 heavy (non-hydrogen) atoms. The Bertz CT molecular complexity index is 356. The van der Waals surface area contributed by atoms with Gasteiger partial charge >= 0.3 is 0 Å². The molecule has 2 rings (SSSR count). The monoisotopic (exact) mass is 282 g/mol. The van der Waals surface area contributed by atoms with Gasteiger partial charge in [-0.1, -0.05) is 59.3 Å². The first kappa shape index (κ1) is 12.1. The average molecular weight is 283 g/mol. The largest absolute Gasteiger partial charge is 0.388 e. The lowest BCUT2D eigenvalue weighted by Gasteiger charge is -2.17. The maximum Gasteiger partial charge on any atom is 0.0803 e. The summed E-state index contributed by atoms with van der Waals surface area (Å²) < 4.78 is 1.03. The van der Waals surface area contributed by atoms with Crippen LogP contribution < -0.4 is 0 Å². The van der Waals surface area contributed by atoms with Gasteiger partial charge in [0.2, 0.25) is 0 Å². The molecule has 1 fully saturated rings. The van der Waals surface area contributed by atoms with Crippen molar-refractivity contribution in [2.24, 2.45) is 5.92 Å². The van der Waals surface area contributed by atoms with E-state index in [1.807, 2.05) is 6.07 Å². The van der Waals surface area contributed by atoms with E-state index in [1.165, 1.54) is 31.2 Å². The Labute approximate surface area is 106 Å². The fraction of sp³-hybridized carbons (Fsp3) is 0.571. The van der Waals surface area contributed by atoms with E-state index in [1.54, 1.807) is 0 Å². The first-order valence-corrected chi connectivity index (χ1v) is 6.90. The number of rotatable bonds is 3. The SMILES string of the molecule is Cc1ccc(Br)c(C(O)CC2CCCC2)c1. The second-order valence-electron chi connectivity index (χ2n) is 4.93. The Morgan fingerprint density at radius 3 is 2.75 bits per heavy atom. The molecule has 88 valence electrons. The molecule has 1 N–H and O–H groups in total. The van der Waals surface area contributed by atoms with E-state index in [4.69, 9.17) is 0 Å². The maximum atomic E-state index is 10.3. The standard InChI is InChI=1S/C14H19BrO/c1-10-6-7-13(15)12(8-10)14(16)9-11-4-2-3-5-11/h6-8,11,14,16H,2-5,9H2,1H3. The molecule has 1 aliphatic carbocycles. The lowest BCUT2D eigenvalue weighted by molar-refractivity contribution is 0.144. The molecule has 1 saturated carbocycles. The van der Waals surface area contributed by atoms with E-state index in [0.717, 1.165) is 22.4 Å². The average Bonchev–Trinajstić information content (AvgIpc) is 2.74. The highest BCUT2D eigenvalue weighted by Gasteiger charge is 2.20. The predicted molar refractivity (Wildman–Crippen MR) is 70.4 cm³/mol. The first-order chi connectivity index (χ1) is 7.66. The summed E-state index contributed by atoms with van der Waals surface area (Å²) in [5.41, 5.74) is 2.26. The number of halogens is 1. The van der Waals surface area contributed by atoms with Crippen molar-refractivity contribution in [2.45, 2.75) is 45.1 Å². The molecule has 1 atom stereocenters. The van der Waals surface area contributed by atoms with Crippen LogP contribution >= 0.6 is 15.9 Å². The van der Waals surface area contributed by atoms with Crippen molar-refractivity contribution in [1.29, 1.82) is 0 Å². The number of hydrogen-bond donors (Lipinski definition) is 1. The lowest BCUT2D eigenvalue weighted by atomic mass is 9.95. The van der Waals surface area contributed by atoms with Crippen LogP contribution in [0.2, 0.25) is 0 Å². The fourth-order valence-electron chi connectivity index (χ4n) is 2.61. The van der Waals surface area contributed by atoms with Crippen molar-refractivity contribution in [1.82, 2.24) is 0 Å². The molecule has 2 heteroatoms. The van der Waals surface area contributed by atoms with E-state index in [2.05, 4.69) is 35.0 Å². The van der Waals surface area contributed by atoms with Gasteiger partial charge in [-0.05, 0) is 30.9 Å². The lowest BCUT2D eigenvalue weighted by Crippen LogP contribution is -2.05. The molecule has 0 saturated heterocycles. The molecule has 0 radical (unpaired) electrons. The fourth-order valence-corrected chi connectivity index (χ4v) is 3.12. The Hall–Kier alpha value is -0.340. The Kier molecular flexibility index (Phi) is 4.04. The third kappa shape index (κ3) is 2.86. The summed E-state index contributed by atoms with van der Waals surface area (Å²) in [4.78, 5) is 0. The third-order valence-electron chi connectivity index (χ3n) is 3.54. The molecule has 0 heterocycles. The molecule has 1 nitrogen and oxygen atoms in total. The molecule has 1 aliphatic rings. The summed E-state index contributed by atoms with van der Waals surface area (Å²) in [7, 11) is 0. The van der Waals surface area contributed by atoms with Crippen LogP contribution in [0.5, 0.6) is 0 Å². The highest BCUT2D eigenvalue weighted by Crippen LogP contribution is 2.35. The van der Waals surface area contributed by atoms with Gasteiger partial charge in [-0.25, -0.2) is 0 Å². The smallest absolute Gasteiger partial charge is 0.0803 e. The second-order valence-corrected chi connectivity index (χ2v) is 5.78. The molecule has 0 aromatic heterocycles. The zero-order chi connectivity index (χ0) is 11.5. The third-order valence-corrected chi connectivity index (χ3v) is 4.26. The van der Waals surface area contributed by atoms with Crippen LogP contribution in [0, 0.1) is 12.8 Å². The summed E-state index contributed by atoms with van der Waals surface area (Å²) in [6.07, 6.45) is 5.87. The number of hydrogen-bond acceptors (Lipinski definition) is 1. The molecule has 0 aliphatic heterocycles. The van der Waals surface area contributed by atoms with Gasteiger partial charge in [0.15, 0.2) is 0 Å². The molecule has 1 aromatic rings. The molecule has 0 bridgehead atoms. The molecule has 1 unspecified atom stereocenters. The van der Waals surface area contributed by atoms with Gasteiger partial charge in [0.1, 0.15) is 0 Å². The molecule has 1 aromatic carbocycles. The van der Waals surface area contributed by atoms with Crippen molar-refractivity contribution in [3.8, 4) is 0 Å². The van der Waals surface area contributed by atoms with E-state index in [0.29, 0.717) is 0 Å². The normalized spacial score (nSPS) is 18.9. The van der Waals surface area contributed by atoms with Crippen LogP contribution in [-0.2, 0) is 0 Å². The summed E-state index contributed by atoms with van der Waals surface area (Å²) >= 11 is 3.52. The van der Waals surface area contributed by atoms with E-state index < -0.39 is 0 Å². The van der Waals surface area contributed by atoms with Crippen LogP contribution in [-0.4, -0.2) is 5.11 Å². The summed E-state index contributed by atoms with van der Waals surface area (Å²) in [6, 6.07) is 6.18. The van der Waals surface area contributed by atoms with E-state index >= 15 is 0 Å². The number of aliphatic hydroxyl groups is 1. The summed E-state index contributed by atoms with van der Waals surface area (Å²) in [6.45, 7) is 2.07. The molecular weight excluding hydrogens is 264 g/mol. The predicted octanol–water partition coefficient (Wildman–Crippen LogP) is 4.37. The van der Waals surface area contributed by atoms with Gasteiger partial charge in [-0.15, -0.1) is 0 Å². The molecule has 0 amide bonds. The van der Waals surface area contributed by atoms with E-state index in [-0.39, 0.29) is 6.10 Å². The highest BCUT2D eigenvalue weighted by atomic mass is 79.9. The first-order valence-electron chi connectivity index (χ1n) is 6.11. The quantitative estimate of drug-likeness (QED) is 0.873. The minimum Gasteiger partial charge on any atom is -0.388 e. The van der Waals surface area contributed by atoms with E-state index in [9.17, 15) is 5.11 Å². The van der Waals surface area contributed by atoms with Crippen molar-refractivity contribution in [3.05, 3.63) is 33.8 Å². The minimum absolute atomic E-state index is 0.308. The number of aryl methyl sites for hydroxylation is 1. The Morgan fingerprint density at radius 2 is 2.06 bits per heavy atom. The zero-order valence-electron chi connectivity index (χ0n) is 9.75. The molecular formula is C14H19BrO. The summed E-state index contributed by atoms with van der Waals surface area (Å²) in [5, 5.41) is 10.3. The van der Waals surface area contributed by atoms with Crippen LogP contribution in [0.1, 0.15) is 49.3 Å². The van der Waals surface area contributed by atoms with Crippen molar-refractivity contribution < 1.29 is 5.11 Å². The minimum atomic E-state index is -0.308. The van der Waals surface area contributed by atoms with Crippen molar-refractivity contribution in [2.75, 3.05) is 0 Å². The number of benzene rings is 1. The maximum absolute atomic E-state index is 10.3. The second kappa shape index (κ2) is 5.33. The highest BCUT2D eigenvalue weighted by molar-refractivity contribution is 9.10. The van der Waals surface area contributed by atoms with Gasteiger partial charge in [-0.3, -0.25) is 0 Å². The zero-order valence-corrected chi connectivity index (χ0v) is 11.3. The Morgan fingerprint density at radius 1 is 1.38 bits per heavy atom. The topological polar surface area (TPSA) is 20.2 Å². The van der Waals surface area contributed by atoms with Crippen LogP contribution in [0.3, 0.4) is 0 Å². The van der Waals surface area contributed by atoms with Gasteiger partial charge in [0.25, 0.3) is 0 Å². The summed E-state index contributed by atoms with van der Waals surface area (Å²) in [5.74, 6) is 0.724. The van der Waals surface area contributed by atoms with Gasteiger partial charge in [0.05, 0.1) is 6.10 Å². The van der Waals surface area contributed by atoms with Crippen LogP contribution in [0.25, 0.3) is 0 Å². The Balaban J connectivity index is 2.07. The van der Waals surface area contributed by atoms with Crippen LogP contribution in [0.4, 0.5) is 0 Å². The van der Waals surface area contributed by atoms with Gasteiger partial charge in [0, 0.05) is 4.47 Å².